The summed E-state index contributed by atoms with van der Waals surface area (Å²) in [6, 6.07) is 15.8. The first kappa shape index (κ1) is 19.5. The molecule has 152 valence electrons. The van der Waals surface area contributed by atoms with Crippen LogP contribution in [0.25, 0.3) is 0 Å². The highest BCUT2D eigenvalue weighted by Crippen LogP contribution is 2.30. The van der Waals surface area contributed by atoms with E-state index >= 15 is 0 Å². The van der Waals surface area contributed by atoms with Crippen LogP contribution in [0.1, 0.15) is 47.7 Å². The van der Waals surface area contributed by atoms with Crippen LogP contribution in [0.2, 0.25) is 0 Å². The van der Waals surface area contributed by atoms with Gasteiger partial charge in [-0.1, -0.05) is 30.3 Å². The summed E-state index contributed by atoms with van der Waals surface area (Å²) in [5.41, 5.74) is 2.54. The Morgan fingerprint density at radius 1 is 1.07 bits per heavy atom. The van der Waals surface area contributed by atoms with Crippen molar-refractivity contribution in [3.05, 3.63) is 65.2 Å². The van der Waals surface area contributed by atoms with Crippen molar-refractivity contribution in [2.75, 3.05) is 25.0 Å². The number of amides is 1. The fourth-order valence-corrected chi connectivity index (χ4v) is 4.37. The van der Waals surface area contributed by atoms with Crippen molar-refractivity contribution < 1.29 is 14.3 Å². The summed E-state index contributed by atoms with van der Waals surface area (Å²) >= 11 is 0. The third kappa shape index (κ3) is 4.00. The van der Waals surface area contributed by atoms with Gasteiger partial charge in [-0.2, -0.15) is 0 Å². The van der Waals surface area contributed by atoms with Crippen LogP contribution in [0.4, 0.5) is 5.69 Å². The monoisotopic (exact) mass is 392 g/mol. The van der Waals surface area contributed by atoms with Crippen molar-refractivity contribution in [2.24, 2.45) is 0 Å². The first-order valence-electron chi connectivity index (χ1n) is 10.4. The Hall–Kier alpha value is -2.82. The fourth-order valence-electron chi connectivity index (χ4n) is 4.37. The van der Waals surface area contributed by atoms with Crippen LogP contribution in [0, 0.1) is 0 Å². The number of anilines is 1. The topological polar surface area (TPSA) is 49.9 Å². The van der Waals surface area contributed by atoms with E-state index in [-0.39, 0.29) is 5.91 Å². The van der Waals surface area contributed by atoms with E-state index in [1.807, 2.05) is 18.2 Å². The molecule has 1 atom stereocenters. The third-order valence-electron chi connectivity index (χ3n) is 5.96. The van der Waals surface area contributed by atoms with E-state index < -0.39 is 11.6 Å². The number of rotatable bonds is 4. The molecule has 1 saturated heterocycles. The van der Waals surface area contributed by atoms with Gasteiger partial charge in [0.2, 0.25) is 0 Å². The number of ether oxygens (including phenoxy) is 1. The van der Waals surface area contributed by atoms with Crippen LogP contribution < -0.4 is 4.90 Å². The molecule has 29 heavy (non-hydrogen) atoms. The number of likely N-dealkylation sites (N-methyl/N-ethyl adjacent to an activating group) is 1. The molecule has 1 fully saturated rings. The van der Waals surface area contributed by atoms with Crippen molar-refractivity contribution in [3.63, 3.8) is 0 Å². The zero-order valence-corrected chi connectivity index (χ0v) is 17.2. The van der Waals surface area contributed by atoms with Crippen molar-refractivity contribution in [2.45, 2.75) is 44.8 Å². The molecule has 0 bridgehead atoms. The SMILES string of the molecule is CN(Cc1ccc(N2CCCCC2)cc1)C(=O)C1(C)Cc2ccccc2C(=O)O1. The first-order chi connectivity index (χ1) is 14.0. The number of carbonyl (C=O) groups excluding carboxylic acids is 2. The average molecular weight is 392 g/mol. The van der Waals surface area contributed by atoms with Gasteiger partial charge >= 0.3 is 5.97 Å². The summed E-state index contributed by atoms with van der Waals surface area (Å²) in [4.78, 5) is 29.6. The molecule has 5 nitrogen and oxygen atoms in total. The molecule has 2 aliphatic heterocycles. The molecule has 1 amide bonds. The van der Waals surface area contributed by atoms with Gasteiger partial charge in [0, 0.05) is 38.8 Å². The molecule has 2 aromatic rings. The Balaban J connectivity index is 1.43. The van der Waals surface area contributed by atoms with Crippen LogP contribution in [0.3, 0.4) is 0 Å². The number of esters is 1. The molecule has 0 N–H and O–H groups in total. The third-order valence-corrected chi connectivity index (χ3v) is 5.96. The van der Waals surface area contributed by atoms with Crippen molar-refractivity contribution in [3.8, 4) is 0 Å². The van der Waals surface area contributed by atoms with Crippen LogP contribution in [0.5, 0.6) is 0 Å². The Kier molecular flexibility index (Phi) is 5.31. The van der Waals surface area contributed by atoms with Crippen LogP contribution >= 0.6 is 0 Å². The average Bonchev–Trinajstić information content (AvgIpc) is 2.74. The first-order valence-corrected chi connectivity index (χ1v) is 10.4. The molecule has 2 aliphatic rings. The molecule has 0 radical (unpaired) electrons. The van der Waals surface area contributed by atoms with E-state index in [0.717, 1.165) is 24.2 Å². The number of cyclic esters (lactones) is 1. The number of nitrogens with zero attached hydrogens (tertiary/aromatic N) is 2. The predicted molar refractivity (Wildman–Crippen MR) is 113 cm³/mol. The zero-order valence-electron chi connectivity index (χ0n) is 17.2. The maximum absolute atomic E-state index is 13.1. The smallest absolute Gasteiger partial charge is 0.339 e. The number of piperidine rings is 1. The van der Waals surface area contributed by atoms with Gasteiger partial charge in [0.05, 0.1) is 5.56 Å². The lowest BCUT2D eigenvalue weighted by Crippen LogP contribution is -2.51. The number of hydrogen-bond donors (Lipinski definition) is 0. The number of fused-ring (bicyclic) bond motifs is 1. The lowest BCUT2D eigenvalue weighted by atomic mass is 9.89. The lowest BCUT2D eigenvalue weighted by molar-refractivity contribution is -0.150. The zero-order chi connectivity index (χ0) is 20.4. The quantitative estimate of drug-likeness (QED) is 0.743. The molecule has 1 unspecified atom stereocenters. The standard InChI is InChI=1S/C24H28N2O3/c1-24(16-19-8-4-5-9-21(19)22(27)29-24)23(28)25(2)17-18-10-12-20(13-11-18)26-14-6-3-7-15-26/h4-5,8-13H,3,6-7,14-17H2,1-2H3. The molecule has 0 spiro atoms. The summed E-state index contributed by atoms with van der Waals surface area (Å²) in [6.07, 6.45) is 4.21. The van der Waals surface area contributed by atoms with Gasteiger partial charge in [-0.25, -0.2) is 4.79 Å². The predicted octanol–water partition coefficient (Wildman–Crippen LogP) is 3.81. The van der Waals surface area contributed by atoms with E-state index in [0.29, 0.717) is 18.5 Å². The Morgan fingerprint density at radius 2 is 1.76 bits per heavy atom. The second-order valence-electron chi connectivity index (χ2n) is 8.33. The summed E-state index contributed by atoms with van der Waals surface area (Å²) in [6.45, 7) is 4.42. The summed E-state index contributed by atoms with van der Waals surface area (Å²) in [5, 5.41) is 0. The minimum Gasteiger partial charge on any atom is -0.445 e. The Bertz CT molecular complexity index is 903. The minimum absolute atomic E-state index is 0.180. The molecule has 4 rings (SSSR count). The van der Waals surface area contributed by atoms with Crippen LogP contribution in [0.15, 0.2) is 48.5 Å². The fraction of sp³-hybridized carbons (Fsp3) is 0.417. The van der Waals surface area contributed by atoms with E-state index in [1.54, 1.807) is 24.9 Å². The lowest BCUT2D eigenvalue weighted by Gasteiger charge is -2.36. The maximum atomic E-state index is 13.1. The van der Waals surface area contributed by atoms with Gasteiger partial charge in [-0.3, -0.25) is 4.79 Å². The maximum Gasteiger partial charge on any atom is 0.339 e. The van der Waals surface area contributed by atoms with Gasteiger partial charge in [0.1, 0.15) is 0 Å². The second kappa shape index (κ2) is 7.90. The molecular formula is C24H28N2O3. The number of carbonyl (C=O) groups is 2. The van der Waals surface area contributed by atoms with E-state index in [9.17, 15) is 9.59 Å². The van der Waals surface area contributed by atoms with Crippen LogP contribution in [-0.4, -0.2) is 42.5 Å². The highest BCUT2D eigenvalue weighted by atomic mass is 16.6. The van der Waals surface area contributed by atoms with E-state index in [4.69, 9.17) is 4.74 Å². The minimum atomic E-state index is -1.17. The van der Waals surface area contributed by atoms with Gasteiger partial charge < -0.3 is 14.5 Å². The van der Waals surface area contributed by atoms with E-state index in [2.05, 4.69) is 29.2 Å². The van der Waals surface area contributed by atoms with Gasteiger partial charge in [0.15, 0.2) is 5.60 Å². The molecule has 0 saturated carbocycles. The van der Waals surface area contributed by atoms with Gasteiger partial charge in [-0.15, -0.1) is 0 Å². The van der Waals surface area contributed by atoms with Gasteiger partial charge in [-0.05, 0) is 55.5 Å². The largest absolute Gasteiger partial charge is 0.445 e. The van der Waals surface area contributed by atoms with Crippen molar-refractivity contribution >= 4 is 17.6 Å². The molecule has 0 aliphatic carbocycles. The van der Waals surface area contributed by atoms with Crippen LogP contribution in [-0.2, 0) is 22.5 Å². The second-order valence-corrected chi connectivity index (χ2v) is 8.33. The molecule has 5 heteroatoms. The summed E-state index contributed by atoms with van der Waals surface area (Å²) < 4.78 is 5.58. The van der Waals surface area contributed by atoms with E-state index in [1.165, 1.54) is 24.9 Å². The highest BCUT2D eigenvalue weighted by molar-refractivity contribution is 5.97. The molecule has 0 aromatic heterocycles. The molecule has 2 aromatic carbocycles. The molecule has 2 heterocycles. The number of benzene rings is 2. The highest BCUT2D eigenvalue weighted by Gasteiger charge is 2.44. The summed E-state index contributed by atoms with van der Waals surface area (Å²) in [7, 11) is 1.76. The van der Waals surface area contributed by atoms with Crippen molar-refractivity contribution in [1.82, 2.24) is 4.90 Å². The summed E-state index contributed by atoms with van der Waals surface area (Å²) in [5.74, 6) is -0.609. The Morgan fingerprint density at radius 3 is 2.48 bits per heavy atom. The Labute approximate surface area is 172 Å². The van der Waals surface area contributed by atoms with Gasteiger partial charge in [0.25, 0.3) is 5.91 Å². The van der Waals surface area contributed by atoms with Crippen molar-refractivity contribution in [1.29, 1.82) is 0 Å². The normalized spacial score (nSPS) is 21.3. The number of hydrogen-bond acceptors (Lipinski definition) is 4. The molecular weight excluding hydrogens is 364 g/mol.